The van der Waals surface area contributed by atoms with Gasteiger partial charge in [0.2, 0.25) is 5.91 Å². The summed E-state index contributed by atoms with van der Waals surface area (Å²) in [5.41, 5.74) is 1.02. The number of piperidine rings is 1. The van der Waals surface area contributed by atoms with Gasteiger partial charge >= 0.3 is 0 Å². The maximum absolute atomic E-state index is 12.4. The molecule has 0 bridgehead atoms. The number of thiazole rings is 1. The van der Waals surface area contributed by atoms with Crippen LogP contribution < -0.4 is 5.32 Å². The second kappa shape index (κ2) is 7.20. The molecule has 1 aromatic heterocycles. The van der Waals surface area contributed by atoms with E-state index < -0.39 is 0 Å². The molecule has 21 heavy (non-hydrogen) atoms. The lowest BCUT2D eigenvalue weighted by atomic mass is 9.97. The summed E-state index contributed by atoms with van der Waals surface area (Å²) in [6.07, 6.45) is 1.89. The molecule has 1 N–H and O–H groups in total. The molecule has 0 aliphatic carbocycles. The number of nitrogens with one attached hydrogen (secondary N) is 1. The van der Waals surface area contributed by atoms with Gasteiger partial charge in [0, 0.05) is 13.0 Å². The second-order valence-electron chi connectivity index (χ2n) is 5.29. The number of carbonyl (C=O) groups is 1. The molecule has 1 saturated heterocycles. The predicted octanol–water partition coefficient (Wildman–Crippen LogP) is 2.68. The van der Waals surface area contributed by atoms with Gasteiger partial charge < -0.3 is 10.2 Å². The van der Waals surface area contributed by atoms with Gasteiger partial charge in [-0.2, -0.15) is 0 Å². The van der Waals surface area contributed by atoms with Gasteiger partial charge in [0.1, 0.15) is 5.01 Å². The molecule has 114 valence electrons. The monoisotopic (exact) mass is 325 g/mol. The average molecular weight is 326 g/mol. The van der Waals surface area contributed by atoms with Gasteiger partial charge in [0.15, 0.2) is 0 Å². The Labute approximate surface area is 135 Å². The van der Waals surface area contributed by atoms with E-state index in [1.54, 1.807) is 11.3 Å². The van der Waals surface area contributed by atoms with Crippen LogP contribution in [0.25, 0.3) is 10.2 Å². The first-order valence-electron chi connectivity index (χ1n) is 7.04. The highest BCUT2D eigenvalue weighted by Gasteiger charge is 2.24. The Bertz CT molecular complexity index is 577. The number of aromatic nitrogens is 1. The van der Waals surface area contributed by atoms with E-state index in [0.29, 0.717) is 6.54 Å². The Hall–Kier alpha value is -1.17. The van der Waals surface area contributed by atoms with Crippen molar-refractivity contribution in [3.8, 4) is 0 Å². The lowest BCUT2D eigenvalue weighted by molar-refractivity contribution is -0.135. The number of amides is 1. The molecule has 0 atom stereocenters. The van der Waals surface area contributed by atoms with Crippen molar-refractivity contribution >= 4 is 39.9 Å². The third-order valence-electron chi connectivity index (χ3n) is 3.78. The van der Waals surface area contributed by atoms with Crippen LogP contribution in [-0.2, 0) is 11.3 Å². The van der Waals surface area contributed by atoms with Gasteiger partial charge in [-0.25, -0.2) is 4.98 Å². The molecule has 1 aliphatic heterocycles. The number of hydrogen-bond donors (Lipinski definition) is 1. The van der Waals surface area contributed by atoms with Gasteiger partial charge in [-0.1, -0.05) is 12.1 Å². The van der Waals surface area contributed by atoms with Gasteiger partial charge in [0.05, 0.1) is 16.8 Å². The Morgan fingerprint density at radius 3 is 2.81 bits per heavy atom. The largest absolute Gasteiger partial charge is 0.339 e. The molecule has 1 amide bonds. The van der Waals surface area contributed by atoms with Crippen molar-refractivity contribution in [1.29, 1.82) is 0 Å². The number of rotatable bonds is 3. The van der Waals surface area contributed by atoms with Crippen LogP contribution in [0, 0.1) is 5.92 Å². The van der Waals surface area contributed by atoms with Gasteiger partial charge in [-0.15, -0.1) is 23.7 Å². The number of nitrogens with zero attached hydrogens (tertiary/aromatic N) is 2. The number of hydrogen-bond acceptors (Lipinski definition) is 4. The molecule has 1 fully saturated rings. The molecule has 0 spiro atoms. The molecule has 3 rings (SSSR count). The number of halogens is 1. The summed E-state index contributed by atoms with van der Waals surface area (Å²) >= 11 is 1.67. The smallest absolute Gasteiger partial charge is 0.225 e. The normalized spacial score (nSPS) is 15.7. The minimum absolute atomic E-state index is 0. The van der Waals surface area contributed by atoms with E-state index in [9.17, 15) is 4.79 Å². The van der Waals surface area contributed by atoms with Crippen LogP contribution in [0.2, 0.25) is 0 Å². The van der Waals surface area contributed by atoms with E-state index in [2.05, 4.69) is 16.4 Å². The lowest BCUT2D eigenvalue weighted by Gasteiger charge is -2.26. The van der Waals surface area contributed by atoms with Crippen molar-refractivity contribution in [1.82, 2.24) is 15.2 Å². The van der Waals surface area contributed by atoms with E-state index in [1.807, 2.05) is 30.1 Å². The van der Waals surface area contributed by atoms with Crippen molar-refractivity contribution in [2.24, 2.45) is 5.92 Å². The van der Waals surface area contributed by atoms with E-state index in [4.69, 9.17) is 0 Å². The molecule has 0 radical (unpaired) electrons. The SMILES string of the molecule is CN(Cc1nc2ccccc2s1)C(=O)C1CCNCC1.Cl. The highest BCUT2D eigenvalue weighted by atomic mass is 35.5. The van der Waals surface area contributed by atoms with Gasteiger partial charge in [-0.3, -0.25) is 4.79 Å². The fraction of sp³-hybridized carbons (Fsp3) is 0.467. The molecule has 2 aromatic rings. The minimum atomic E-state index is 0. The van der Waals surface area contributed by atoms with Gasteiger partial charge in [-0.05, 0) is 38.1 Å². The first kappa shape index (κ1) is 16.2. The maximum Gasteiger partial charge on any atom is 0.225 e. The van der Waals surface area contributed by atoms with Crippen molar-refractivity contribution in [3.63, 3.8) is 0 Å². The molecule has 6 heteroatoms. The summed E-state index contributed by atoms with van der Waals surface area (Å²) in [6.45, 7) is 2.51. The van der Waals surface area contributed by atoms with Crippen molar-refractivity contribution in [2.75, 3.05) is 20.1 Å². The quantitative estimate of drug-likeness (QED) is 0.943. The van der Waals surface area contributed by atoms with Crippen molar-refractivity contribution in [3.05, 3.63) is 29.3 Å². The fourth-order valence-electron chi connectivity index (χ4n) is 2.65. The van der Waals surface area contributed by atoms with E-state index >= 15 is 0 Å². The van der Waals surface area contributed by atoms with Gasteiger partial charge in [0.25, 0.3) is 0 Å². The summed E-state index contributed by atoms with van der Waals surface area (Å²) in [7, 11) is 1.89. The zero-order valence-corrected chi connectivity index (χ0v) is 13.7. The van der Waals surface area contributed by atoms with E-state index in [1.165, 1.54) is 4.70 Å². The first-order valence-corrected chi connectivity index (χ1v) is 7.86. The maximum atomic E-state index is 12.4. The predicted molar refractivity (Wildman–Crippen MR) is 88.9 cm³/mol. The Kier molecular flexibility index (Phi) is 5.56. The highest BCUT2D eigenvalue weighted by Crippen LogP contribution is 2.23. The molecule has 1 aliphatic rings. The van der Waals surface area contributed by atoms with Crippen LogP contribution in [0.15, 0.2) is 24.3 Å². The second-order valence-corrected chi connectivity index (χ2v) is 6.41. The standard InChI is InChI=1S/C15H19N3OS.ClH/c1-18(15(19)11-6-8-16-9-7-11)10-14-17-12-4-2-3-5-13(12)20-14;/h2-5,11,16H,6-10H2,1H3;1H. The number of fused-ring (bicyclic) bond motifs is 1. The summed E-state index contributed by atoms with van der Waals surface area (Å²) in [5.74, 6) is 0.432. The number of benzene rings is 1. The molecule has 4 nitrogen and oxygen atoms in total. The lowest BCUT2D eigenvalue weighted by Crippen LogP contribution is -2.38. The molecule has 1 aromatic carbocycles. The third-order valence-corrected chi connectivity index (χ3v) is 4.80. The zero-order chi connectivity index (χ0) is 13.9. The number of para-hydroxylation sites is 1. The summed E-state index contributed by atoms with van der Waals surface area (Å²) in [4.78, 5) is 18.8. The first-order chi connectivity index (χ1) is 9.74. The van der Waals surface area contributed by atoms with Crippen LogP contribution in [0.5, 0.6) is 0 Å². The van der Waals surface area contributed by atoms with Crippen LogP contribution in [0.3, 0.4) is 0 Å². The van der Waals surface area contributed by atoms with E-state index in [0.717, 1.165) is 36.5 Å². The molecule has 0 unspecified atom stereocenters. The molecule has 0 saturated carbocycles. The summed E-state index contributed by atoms with van der Waals surface area (Å²) < 4.78 is 1.19. The molecular weight excluding hydrogens is 306 g/mol. The van der Waals surface area contributed by atoms with Crippen LogP contribution in [0.1, 0.15) is 17.8 Å². The van der Waals surface area contributed by atoms with Crippen LogP contribution in [0.4, 0.5) is 0 Å². The topological polar surface area (TPSA) is 45.2 Å². The zero-order valence-electron chi connectivity index (χ0n) is 12.0. The molecule has 2 heterocycles. The van der Waals surface area contributed by atoms with Crippen LogP contribution >= 0.6 is 23.7 Å². The van der Waals surface area contributed by atoms with E-state index in [-0.39, 0.29) is 24.2 Å². The summed E-state index contributed by atoms with van der Waals surface area (Å²) in [5, 5.41) is 4.31. The Balaban J connectivity index is 0.00000161. The van der Waals surface area contributed by atoms with Crippen molar-refractivity contribution < 1.29 is 4.79 Å². The Morgan fingerprint density at radius 2 is 2.10 bits per heavy atom. The average Bonchev–Trinajstić information content (AvgIpc) is 2.89. The fourth-order valence-corrected chi connectivity index (χ4v) is 3.67. The summed E-state index contributed by atoms with van der Waals surface area (Å²) in [6, 6.07) is 8.11. The van der Waals surface area contributed by atoms with Crippen LogP contribution in [-0.4, -0.2) is 35.9 Å². The highest BCUT2D eigenvalue weighted by molar-refractivity contribution is 7.18. The minimum Gasteiger partial charge on any atom is -0.339 e. The molecular formula is C15H20ClN3OS. The third kappa shape index (κ3) is 3.73. The van der Waals surface area contributed by atoms with Crippen molar-refractivity contribution in [2.45, 2.75) is 19.4 Å². The number of carbonyl (C=O) groups excluding carboxylic acids is 1. The Morgan fingerprint density at radius 1 is 1.38 bits per heavy atom.